The van der Waals surface area contributed by atoms with E-state index in [2.05, 4.69) is 0 Å². The molecule has 0 radical (unpaired) electrons. The van der Waals surface area contributed by atoms with E-state index >= 15 is 0 Å². The van der Waals surface area contributed by atoms with Crippen molar-refractivity contribution in [3.63, 3.8) is 0 Å². The maximum atomic E-state index is 13.6. The highest BCUT2D eigenvalue weighted by Gasteiger charge is 2.36. The maximum Gasteiger partial charge on any atom is 0.350 e. The number of aliphatic hydroxyl groups is 1. The van der Waals surface area contributed by atoms with Gasteiger partial charge in [-0.3, -0.25) is 0 Å². The quantitative estimate of drug-likeness (QED) is 0.390. The number of quaternary nitrogens is 1. The highest BCUT2D eigenvalue weighted by Crippen LogP contribution is 2.30. The third-order valence-electron chi connectivity index (χ3n) is 6.31. The lowest BCUT2D eigenvalue weighted by Gasteiger charge is -2.33. The summed E-state index contributed by atoms with van der Waals surface area (Å²) in [5, 5.41) is 13.2. The number of amides is 1. The third kappa shape index (κ3) is 3.78. The molecule has 0 spiro atoms. The molecular formula is C28H28NO2+. The van der Waals surface area contributed by atoms with Gasteiger partial charge in [0.1, 0.15) is 11.8 Å². The molecule has 4 aromatic rings. The first kappa shape index (κ1) is 21.0. The van der Waals surface area contributed by atoms with Gasteiger partial charge in [0.2, 0.25) is 0 Å². The van der Waals surface area contributed by atoms with Crippen LogP contribution in [0.4, 0.5) is 5.69 Å². The highest BCUT2D eigenvalue weighted by atomic mass is 16.3. The minimum Gasteiger partial charge on any atom is -0.384 e. The van der Waals surface area contributed by atoms with Crippen LogP contribution >= 0.6 is 0 Å². The minimum absolute atomic E-state index is 0.0717. The summed E-state index contributed by atoms with van der Waals surface area (Å²) in [4.78, 5) is 13.6. The molecule has 31 heavy (non-hydrogen) atoms. The van der Waals surface area contributed by atoms with E-state index in [1.54, 1.807) is 0 Å². The number of carbonyl (C=O) groups is 1. The molecule has 0 saturated heterocycles. The summed E-state index contributed by atoms with van der Waals surface area (Å²) in [5.74, 6) is 0.0717. The van der Waals surface area contributed by atoms with Gasteiger partial charge < -0.3 is 5.11 Å². The van der Waals surface area contributed by atoms with E-state index in [0.29, 0.717) is 18.7 Å². The molecule has 0 aliphatic carbocycles. The molecule has 4 rings (SSSR count). The fraction of sp³-hybridized carbons (Fsp3) is 0.179. The summed E-state index contributed by atoms with van der Waals surface area (Å²) in [6.07, 6.45) is -0.749. The fourth-order valence-corrected chi connectivity index (χ4v) is 4.43. The van der Waals surface area contributed by atoms with E-state index in [4.69, 9.17) is 0 Å². The normalized spacial score (nSPS) is 12.6. The van der Waals surface area contributed by atoms with E-state index in [9.17, 15) is 9.90 Å². The Bertz CT molecular complexity index is 1170. The molecular weight excluding hydrogens is 382 g/mol. The van der Waals surface area contributed by atoms with Crippen LogP contribution in [-0.2, 0) is 0 Å². The lowest BCUT2D eigenvalue weighted by atomic mass is 9.95. The van der Waals surface area contributed by atoms with Crippen molar-refractivity contribution in [1.82, 2.24) is 4.48 Å². The van der Waals surface area contributed by atoms with Crippen molar-refractivity contribution < 1.29 is 9.90 Å². The van der Waals surface area contributed by atoms with Crippen molar-refractivity contribution in [2.45, 2.75) is 20.0 Å². The lowest BCUT2D eigenvalue weighted by Crippen LogP contribution is -2.54. The number of nitrogens with zero attached hydrogens (tertiary/aromatic N) is 1. The van der Waals surface area contributed by atoms with Crippen molar-refractivity contribution >= 4 is 22.4 Å². The summed E-state index contributed by atoms with van der Waals surface area (Å²) in [6.45, 7) is 5.46. The Kier molecular flexibility index (Phi) is 5.99. The van der Waals surface area contributed by atoms with Crippen LogP contribution in [0.2, 0.25) is 0 Å². The van der Waals surface area contributed by atoms with Gasteiger partial charge in [-0.25, -0.2) is 9.28 Å². The molecule has 0 fully saturated rings. The summed E-state index contributed by atoms with van der Waals surface area (Å²) < 4.78 is 0.270. The number of para-hydroxylation sites is 1. The zero-order chi connectivity index (χ0) is 21.8. The molecule has 0 saturated carbocycles. The number of fused-ring (bicyclic) bond motifs is 1. The first-order valence-corrected chi connectivity index (χ1v) is 10.8. The van der Waals surface area contributed by atoms with E-state index in [1.165, 1.54) is 0 Å². The van der Waals surface area contributed by atoms with Gasteiger partial charge in [-0.05, 0) is 60.0 Å². The maximum absolute atomic E-state index is 13.6. The Morgan fingerprint density at radius 3 is 2.06 bits per heavy atom. The first-order valence-electron chi connectivity index (χ1n) is 10.8. The van der Waals surface area contributed by atoms with E-state index in [1.807, 2.05) is 111 Å². The largest absolute Gasteiger partial charge is 0.384 e. The van der Waals surface area contributed by atoms with Crippen LogP contribution in [0.15, 0.2) is 97.1 Å². The van der Waals surface area contributed by atoms with Gasteiger partial charge in [0, 0.05) is 0 Å². The van der Waals surface area contributed by atoms with Crippen molar-refractivity contribution in [1.29, 1.82) is 0 Å². The standard InChI is InChI=1S/C28H28NO2/c1-3-29(4-2,24-13-6-5-7-14-24)28(31)23-19-17-22(18-20-23)27(30)26-16-10-12-21-11-8-9-15-25(21)26/h5-20,27,30H,3-4H2,1-2H3/q+1. The Labute approximate surface area is 183 Å². The van der Waals surface area contributed by atoms with Gasteiger partial charge in [0.25, 0.3) is 0 Å². The van der Waals surface area contributed by atoms with E-state index < -0.39 is 6.10 Å². The van der Waals surface area contributed by atoms with Crippen LogP contribution in [0, 0.1) is 0 Å². The van der Waals surface area contributed by atoms with Crippen molar-refractivity contribution in [2.75, 3.05) is 13.1 Å². The second-order valence-electron chi connectivity index (χ2n) is 7.83. The number of carbonyl (C=O) groups excluding carboxylic acids is 1. The molecule has 1 N–H and O–H groups in total. The number of hydrogen-bond donors (Lipinski definition) is 1. The number of benzene rings is 4. The molecule has 0 aromatic heterocycles. The fourth-order valence-electron chi connectivity index (χ4n) is 4.43. The zero-order valence-electron chi connectivity index (χ0n) is 18.0. The molecule has 3 nitrogen and oxygen atoms in total. The van der Waals surface area contributed by atoms with Crippen LogP contribution in [0.3, 0.4) is 0 Å². The number of hydrogen-bond acceptors (Lipinski definition) is 2. The highest BCUT2D eigenvalue weighted by molar-refractivity contribution is 6.02. The molecule has 0 bridgehead atoms. The van der Waals surface area contributed by atoms with Crippen LogP contribution in [-0.4, -0.2) is 24.1 Å². The van der Waals surface area contributed by atoms with Crippen molar-refractivity contribution in [3.05, 3.63) is 114 Å². The average Bonchev–Trinajstić information content (AvgIpc) is 2.85. The summed E-state index contributed by atoms with van der Waals surface area (Å²) in [6, 6.07) is 31.4. The number of aliphatic hydroxyl groups excluding tert-OH is 1. The SMILES string of the molecule is CC[N+](CC)(C(=O)c1ccc(C(O)c2cccc3ccccc23)cc1)c1ccccc1. The minimum atomic E-state index is -0.749. The Balaban J connectivity index is 1.66. The second kappa shape index (κ2) is 8.84. The molecule has 4 aromatic carbocycles. The Morgan fingerprint density at radius 1 is 0.774 bits per heavy atom. The predicted molar refractivity (Wildman–Crippen MR) is 128 cm³/mol. The molecule has 1 unspecified atom stereocenters. The van der Waals surface area contributed by atoms with Gasteiger partial charge in [-0.2, -0.15) is 0 Å². The summed E-state index contributed by atoms with van der Waals surface area (Å²) in [5.41, 5.74) is 3.30. The molecule has 0 heterocycles. The van der Waals surface area contributed by atoms with Gasteiger partial charge in [-0.1, -0.05) is 72.8 Å². The molecule has 0 aliphatic heterocycles. The van der Waals surface area contributed by atoms with Crippen LogP contribution in [0.25, 0.3) is 10.8 Å². The van der Waals surface area contributed by atoms with Gasteiger partial charge >= 0.3 is 5.91 Å². The molecule has 156 valence electrons. The topological polar surface area (TPSA) is 37.3 Å². The average molecular weight is 411 g/mol. The van der Waals surface area contributed by atoms with Crippen molar-refractivity contribution in [3.8, 4) is 0 Å². The van der Waals surface area contributed by atoms with E-state index in [0.717, 1.165) is 27.6 Å². The predicted octanol–water partition coefficient (Wildman–Crippen LogP) is 6.11. The smallest absolute Gasteiger partial charge is 0.350 e. The van der Waals surface area contributed by atoms with Crippen molar-refractivity contribution in [2.24, 2.45) is 0 Å². The Morgan fingerprint density at radius 2 is 1.39 bits per heavy atom. The summed E-state index contributed by atoms with van der Waals surface area (Å²) >= 11 is 0. The van der Waals surface area contributed by atoms with Gasteiger partial charge in [0.05, 0.1) is 18.7 Å². The monoisotopic (exact) mass is 410 g/mol. The molecule has 1 atom stereocenters. The summed E-state index contributed by atoms with van der Waals surface area (Å²) in [7, 11) is 0. The molecule has 1 amide bonds. The van der Waals surface area contributed by atoms with E-state index in [-0.39, 0.29) is 10.4 Å². The van der Waals surface area contributed by atoms with Gasteiger partial charge in [-0.15, -0.1) is 0 Å². The number of rotatable bonds is 6. The second-order valence-corrected chi connectivity index (χ2v) is 7.83. The molecule has 0 aliphatic rings. The zero-order valence-corrected chi connectivity index (χ0v) is 18.0. The van der Waals surface area contributed by atoms with Crippen LogP contribution < -0.4 is 4.48 Å². The lowest BCUT2D eigenvalue weighted by molar-refractivity contribution is 0.0778. The van der Waals surface area contributed by atoms with Gasteiger partial charge in [0.15, 0.2) is 0 Å². The Hall–Kier alpha value is -3.27. The van der Waals surface area contributed by atoms with Crippen LogP contribution in [0.5, 0.6) is 0 Å². The third-order valence-corrected chi connectivity index (χ3v) is 6.31. The molecule has 3 heteroatoms. The van der Waals surface area contributed by atoms with Crippen LogP contribution in [0.1, 0.15) is 41.4 Å². The first-order chi connectivity index (χ1) is 15.1.